The number of hydrogen-bond acceptors (Lipinski definition) is 7. The summed E-state index contributed by atoms with van der Waals surface area (Å²) in [4.78, 5) is 32.9. The highest BCUT2D eigenvalue weighted by molar-refractivity contribution is 14.1. The molecule has 206 valence electrons. The fourth-order valence-electron chi connectivity index (χ4n) is 4.46. The molecule has 1 aliphatic heterocycles. The minimum Gasteiger partial charge on any atom is -0.477 e. The molecule has 3 aromatic carbocycles. The van der Waals surface area contributed by atoms with Gasteiger partial charge in [-0.05, 0) is 93.6 Å². The van der Waals surface area contributed by atoms with E-state index >= 15 is 0 Å². The number of fused-ring (bicyclic) bond motifs is 1. The van der Waals surface area contributed by atoms with Crippen molar-refractivity contribution >= 4 is 85.9 Å². The van der Waals surface area contributed by atoms with Crippen molar-refractivity contribution in [1.82, 2.24) is 4.57 Å². The van der Waals surface area contributed by atoms with Gasteiger partial charge in [0, 0.05) is 10.6 Å². The Hall–Kier alpha value is -2.99. The monoisotopic (exact) mass is 807 g/mol. The molecule has 0 unspecified atom stereocenters. The van der Waals surface area contributed by atoms with E-state index in [1.807, 2.05) is 60.7 Å². The Kier molecular flexibility index (Phi) is 9.28. The second-order valence-electron chi connectivity index (χ2n) is 8.74. The van der Waals surface area contributed by atoms with Gasteiger partial charge in [-0.15, -0.1) is 0 Å². The van der Waals surface area contributed by atoms with Crippen LogP contribution in [-0.4, -0.2) is 23.8 Å². The Labute approximate surface area is 271 Å². The molecule has 41 heavy (non-hydrogen) atoms. The molecule has 0 saturated heterocycles. The summed E-state index contributed by atoms with van der Waals surface area (Å²) in [6.45, 7) is 1.86. The van der Waals surface area contributed by atoms with Gasteiger partial charge >= 0.3 is 5.97 Å². The summed E-state index contributed by atoms with van der Waals surface area (Å²) < 4.78 is 14.7. The predicted octanol–water partition coefficient (Wildman–Crippen LogP) is 5.70. The number of carbonyl (C=O) groups is 1. The lowest BCUT2D eigenvalue weighted by atomic mass is 9.93. The third-order valence-electron chi connectivity index (χ3n) is 6.16. The van der Waals surface area contributed by atoms with Gasteiger partial charge in [0.05, 0.1) is 35.6 Å². The number of thiazole rings is 1. The Bertz CT molecular complexity index is 1870. The summed E-state index contributed by atoms with van der Waals surface area (Å²) in [6.07, 6.45) is 1.80. The number of halogens is 3. The van der Waals surface area contributed by atoms with E-state index in [0.717, 1.165) is 18.3 Å². The summed E-state index contributed by atoms with van der Waals surface area (Å²) >= 11 is 11.8. The van der Waals surface area contributed by atoms with Crippen LogP contribution in [0.15, 0.2) is 82.1 Å². The van der Waals surface area contributed by atoms with Crippen LogP contribution in [0.3, 0.4) is 0 Å². The molecule has 1 aromatic heterocycles. The van der Waals surface area contributed by atoms with Crippen LogP contribution in [0.4, 0.5) is 0 Å². The number of ether oxygens (including phenoxy) is 2. The first-order valence-corrected chi connectivity index (χ1v) is 15.7. The normalized spacial score (nSPS) is 14.7. The third kappa shape index (κ3) is 6.13. The number of benzene rings is 3. The van der Waals surface area contributed by atoms with Gasteiger partial charge in [0.1, 0.15) is 11.8 Å². The fraction of sp³-hybridized carbons (Fsp3) is 0.133. The molecule has 0 N–H and O–H groups in total. The van der Waals surface area contributed by atoms with Crippen molar-refractivity contribution in [2.45, 2.75) is 13.0 Å². The number of nitrogens with zero attached hydrogens (tertiary/aromatic N) is 3. The summed E-state index contributed by atoms with van der Waals surface area (Å²) in [6, 6.07) is 21.5. The average molecular weight is 808 g/mol. The quantitative estimate of drug-likeness (QED) is 0.177. The first kappa shape index (κ1) is 29.5. The highest BCUT2D eigenvalue weighted by Crippen LogP contribution is 2.35. The molecule has 1 aliphatic rings. The Morgan fingerprint density at radius 1 is 1.15 bits per heavy atom. The SMILES string of the molecule is CCOC(=O)C1=C(c2ccccc2)N=c2s/c(=C\c3cc(I)c(OCC#N)c(I)c3)c(=O)n2[C@@H]1c1ccc(Cl)cc1. The predicted molar refractivity (Wildman–Crippen MR) is 175 cm³/mol. The molecule has 0 spiro atoms. The van der Waals surface area contributed by atoms with E-state index in [-0.39, 0.29) is 24.3 Å². The van der Waals surface area contributed by atoms with E-state index in [4.69, 9.17) is 31.3 Å². The minimum atomic E-state index is -0.776. The molecule has 0 aliphatic carbocycles. The van der Waals surface area contributed by atoms with Crippen LogP contribution in [0.25, 0.3) is 11.8 Å². The summed E-state index contributed by atoms with van der Waals surface area (Å²) in [7, 11) is 0. The van der Waals surface area contributed by atoms with Gasteiger partial charge in [0.15, 0.2) is 11.4 Å². The van der Waals surface area contributed by atoms with Crippen molar-refractivity contribution in [3.05, 3.63) is 121 Å². The fourth-order valence-corrected chi connectivity index (χ4v) is 7.71. The van der Waals surface area contributed by atoms with Gasteiger partial charge in [-0.3, -0.25) is 9.36 Å². The number of aromatic nitrogens is 1. The summed E-state index contributed by atoms with van der Waals surface area (Å²) in [5, 5.41) is 9.43. The van der Waals surface area contributed by atoms with Crippen LogP contribution < -0.4 is 19.6 Å². The van der Waals surface area contributed by atoms with Gasteiger partial charge in [-0.2, -0.15) is 5.26 Å². The highest BCUT2D eigenvalue weighted by Gasteiger charge is 2.35. The topological polar surface area (TPSA) is 93.7 Å². The Morgan fingerprint density at radius 2 is 1.83 bits per heavy atom. The van der Waals surface area contributed by atoms with Gasteiger partial charge < -0.3 is 9.47 Å². The van der Waals surface area contributed by atoms with Crippen LogP contribution in [0.1, 0.15) is 29.7 Å². The van der Waals surface area contributed by atoms with Crippen LogP contribution in [0, 0.1) is 18.5 Å². The summed E-state index contributed by atoms with van der Waals surface area (Å²) in [5.41, 5.74) is 2.70. The second kappa shape index (κ2) is 12.9. The average Bonchev–Trinajstić information content (AvgIpc) is 3.27. The number of nitriles is 1. The zero-order chi connectivity index (χ0) is 29.1. The van der Waals surface area contributed by atoms with Crippen molar-refractivity contribution in [2.24, 2.45) is 4.99 Å². The van der Waals surface area contributed by atoms with Gasteiger partial charge in [0.2, 0.25) is 0 Å². The molecule has 0 amide bonds. The molecule has 0 fully saturated rings. The van der Waals surface area contributed by atoms with Crippen LogP contribution in [-0.2, 0) is 9.53 Å². The molecule has 0 radical (unpaired) electrons. The maximum Gasteiger partial charge on any atom is 0.338 e. The summed E-state index contributed by atoms with van der Waals surface area (Å²) in [5.74, 6) is 0.0853. The molecular weight excluding hydrogens is 788 g/mol. The third-order valence-corrected chi connectivity index (χ3v) is 9.00. The Morgan fingerprint density at radius 3 is 2.46 bits per heavy atom. The molecule has 7 nitrogen and oxygen atoms in total. The van der Waals surface area contributed by atoms with Crippen molar-refractivity contribution in [2.75, 3.05) is 13.2 Å². The zero-order valence-corrected chi connectivity index (χ0v) is 27.3. The molecule has 11 heteroatoms. The molecule has 1 atom stereocenters. The van der Waals surface area contributed by atoms with Crippen molar-refractivity contribution in [3.8, 4) is 11.8 Å². The lowest BCUT2D eigenvalue weighted by Gasteiger charge is -2.25. The molecule has 5 rings (SSSR count). The minimum absolute atomic E-state index is 0.0544. The zero-order valence-electron chi connectivity index (χ0n) is 21.4. The molecule has 2 heterocycles. The maximum absolute atomic E-state index is 14.0. The lowest BCUT2D eigenvalue weighted by Crippen LogP contribution is -2.40. The van der Waals surface area contributed by atoms with Crippen molar-refractivity contribution < 1.29 is 14.3 Å². The molecule has 4 aromatic rings. The first-order valence-electron chi connectivity index (χ1n) is 12.3. The van der Waals surface area contributed by atoms with E-state index in [1.54, 1.807) is 29.7 Å². The van der Waals surface area contributed by atoms with Crippen LogP contribution in [0.2, 0.25) is 5.02 Å². The number of rotatable bonds is 7. The van der Waals surface area contributed by atoms with Gasteiger partial charge in [0.25, 0.3) is 5.56 Å². The molecule has 0 bridgehead atoms. The number of carbonyl (C=O) groups excluding carboxylic acids is 1. The van der Waals surface area contributed by atoms with E-state index in [2.05, 4.69) is 45.2 Å². The first-order chi connectivity index (χ1) is 19.8. The van der Waals surface area contributed by atoms with E-state index in [0.29, 0.717) is 31.4 Å². The second-order valence-corrected chi connectivity index (χ2v) is 12.5. The van der Waals surface area contributed by atoms with E-state index in [1.165, 1.54) is 11.3 Å². The molecule has 0 saturated carbocycles. The highest BCUT2D eigenvalue weighted by atomic mass is 127. The largest absolute Gasteiger partial charge is 0.477 e. The molecular formula is C30H20ClI2N3O4S. The van der Waals surface area contributed by atoms with E-state index < -0.39 is 12.0 Å². The van der Waals surface area contributed by atoms with Crippen LogP contribution >= 0.6 is 68.1 Å². The standard InChI is InChI=1S/C30H20ClI2N3O4S/c1-2-39-29(38)24-25(18-6-4-3-5-7-18)35-30-36(26(24)19-8-10-20(31)11-9-19)28(37)23(41-30)16-17-14-21(32)27(22(33)15-17)40-13-12-34/h3-11,14-16,26H,2,13H2,1H3/b23-16-/t26-/m1/s1. The smallest absolute Gasteiger partial charge is 0.338 e. The van der Waals surface area contributed by atoms with Crippen molar-refractivity contribution in [3.63, 3.8) is 0 Å². The van der Waals surface area contributed by atoms with Crippen molar-refractivity contribution in [1.29, 1.82) is 5.26 Å². The van der Waals surface area contributed by atoms with Gasteiger partial charge in [-0.1, -0.05) is 65.4 Å². The Balaban J connectivity index is 1.76. The van der Waals surface area contributed by atoms with E-state index in [9.17, 15) is 9.59 Å². The lowest BCUT2D eigenvalue weighted by molar-refractivity contribution is -0.138. The maximum atomic E-state index is 14.0. The van der Waals surface area contributed by atoms with Crippen LogP contribution in [0.5, 0.6) is 5.75 Å². The van der Waals surface area contributed by atoms with Gasteiger partial charge in [-0.25, -0.2) is 9.79 Å². The number of esters is 1. The number of hydrogen-bond donors (Lipinski definition) is 0.